The van der Waals surface area contributed by atoms with E-state index in [0.29, 0.717) is 0 Å². The fraction of sp³-hybridized carbons (Fsp3) is 0.583. The number of rotatable bonds is 8. The topological polar surface area (TPSA) is 145 Å². The van der Waals surface area contributed by atoms with E-state index in [1.54, 1.807) is 6.92 Å². The number of amides is 1. The first kappa shape index (κ1) is 19.4. The quantitative estimate of drug-likeness (QED) is 0.408. The maximum absolute atomic E-state index is 11.9. The van der Waals surface area contributed by atoms with Gasteiger partial charge in [-0.25, -0.2) is 4.79 Å². The van der Waals surface area contributed by atoms with E-state index in [1.165, 1.54) is 0 Å². The highest BCUT2D eigenvalue weighted by molar-refractivity contribution is 5.92. The molecule has 0 saturated carbocycles. The summed E-state index contributed by atoms with van der Waals surface area (Å²) in [6.07, 6.45) is -3.98. The van der Waals surface area contributed by atoms with Crippen LogP contribution in [0, 0.1) is 0 Å². The lowest BCUT2D eigenvalue weighted by Gasteiger charge is -2.22. The Balaban J connectivity index is 5.03. The first-order valence-corrected chi connectivity index (χ1v) is 6.19. The van der Waals surface area contributed by atoms with E-state index >= 15 is 0 Å². The molecule has 0 radical (unpaired) electrons. The van der Waals surface area contributed by atoms with Crippen molar-refractivity contribution in [2.24, 2.45) is 0 Å². The number of carboxylic acid groups (broad SMARTS) is 1. The largest absolute Gasteiger partial charge is 0.478 e. The fourth-order valence-electron chi connectivity index (χ4n) is 1.32. The van der Waals surface area contributed by atoms with E-state index in [0.717, 1.165) is 13.8 Å². The number of ether oxygens (including phenoxy) is 3. The van der Waals surface area contributed by atoms with Crippen LogP contribution in [0.3, 0.4) is 0 Å². The molecule has 0 aromatic carbocycles. The van der Waals surface area contributed by atoms with Crippen LogP contribution in [0.1, 0.15) is 20.8 Å². The minimum atomic E-state index is -2.04. The molecule has 0 fully saturated rings. The molecular weight excluding hydrogens is 302 g/mol. The van der Waals surface area contributed by atoms with Crippen LogP contribution in [0.15, 0.2) is 0 Å². The standard InChI is InChI=1S/C12H17NO9/c1-4-20-8(16)5-13-11(17)9(21-6(2)14)10(12(18)19)22-7(3)15/h9-10H,4-5H2,1-3H3,(H,13,17)(H,18,19)/t9-,10-/m1/s1. The van der Waals surface area contributed by atoms with Gasteiger partial charge in [-0.05, 0) is 6.92 Å². The molecule has 0 aromatic heterocycles. The van der Waals surface area contributed by atoms with Gasteiger partial charge in [0, 0.05) is 13.8 Å². The number of aliphatic carboxylic acids is 1. The van der Waals surface area contributed by atoms with Crippen LogP contribution in [0.2, 0.25) is 0 Å². The lowest BCUT2D eigenvalue weighted by atomic mass is 10.2. The molecule has 0 aromatic rings. The van der Waals surface area contributed by atoms with Crippen molar-refractivity contribution in [3.63, 3.8) is 0 Å². The van der Waals surface area contributed by atoms with Crippen molar-refractivity contribution in [2.75, 3.05) is 13.2 Å². The molecule has 1 amide bonds. The molecule has 124 valence electrons. The summed E-state index contributed by atoms with van der Waals surface area (Å²) < 4.78 is 13.6. The molecule has 0 unspecified atom stereocenters. The molecule has 0 aliphatic carbocycles. The first-order valence-electron chi connectivity index (χ1n) is 6.19. The SMILES string of the molecule is CCOC(=O)CNC(=O)[C@H](OC(C)=O)[C@@H](OC(C)=O)C(=O)O. The maximum atomic E-state index is 11.9. The van der Waals surface area contributed by atoms with Gasteiger partial charge in [-0.3, -0.25) is 19.2 Å². The maximum Gasteiger partial charge on any atom is 0.349 e. The molecular formula is C12H17NO9. The molecule has 2 N–H and O–H groups in total. The Labute approximate surface area is 125 Å². The number of esters is 3. The van der Waals surface area contributed by atoms with Crippen LogP contribution in [-0.4, -0.2) is 60.3 Å². The first-order chi connectivity index (χ1) is 10.2. The van der Waals surface area contributed by atoms with Crippen LogP contribution in [0.5, 0.6) is 0 Å². The van der Waals surface area contributed by atoms with Crippen molar-refractivity contribution in [2.45, 2.75) is 33.0 Å². The van der Waals surface area contributed by atoms with Crippen molar-refractivity contribution < 1.29 is 43.3 Å². The van der Waals surface area contributed by atoms with Gasteiger partial charge in [-0.2, -0.15) is 0 Å². The summed E-state index contributed by atoms with van der Waals surface area (Å²) in [7, 11) is 0. The summed E-state index contributed by atoms with van der Waals surface area (Å²) in [6.45, 7) is 2.96. The summed E-state index contributed by atoms with van der Waals surface area (Å²) in [5, 5.41) is 11.0. The Bertz CT molecular complexity index is 460. The minimum Gasteiger partial charge on any atom is -0.478 e. The number of hydrogen-bond donors (Lipinski definition) is 2. The molecule has 10 nitrogen and oxygen atoms in total. The number of carbonyl (C=O) groups is 5. The predicted octanol–water partition coefficient (Wildman–Crippen LogP) is -1.39. The van der Waals surface area contributed by atoms with Gasteiger partial charge >= 0.3 is 23.9 Å². The summed E-state index contributed by atoms with van der Waals surface area (Å²) >= 11 is 0. The van der Waals surface area contributed by atoms with Crippen LogP contribution in [-0.2, 0) is 38.2 Å². The molecule has 0 aliphatic heterocycles. The second-order valence-electron chi connectivity index (χ2n) is 3.92. The van der Waals surface area contributed by atoms with E-state index in [-0.39, 0.29) is 6.61 Å². The summed E-state index contributed by atoms with van der Waals surface area (Å²) in [5.41, 5.74) is 0. The lowest BCUT2D eigenvalue weighted by Crippen LogP contribution is -2.50. The molecule has 22 heavy (non-hydrogen) atoms. The molecule has 0 spiro atoms. The fourth-order valence-corrected chi connectivity index (χ4v) is 1.32. The van der Waals surface area contributed by atoms with Crippen molar-refractivity contribution >= 4 is 29.8 Å². The van der Waals surface area contributed by atoms with Gasteiger partial charge in [0.1, 0.15) is 6.54 Å². The van der Waals surface area contributed by atoms with Crippen LogP contribution >= 0.6 is 0 Å². The van der Waals surface area contributed by atoms with Gasteiger partial charge in [0.15, 0.2) is 0 Å². The van der Waals surface area contributed by atoms with E-state index in [9.17, 15) is 24.0 Å². The highest BCUT2D eigenvalue weighted by atomic mass is 16.6. The average molecular weight is 319 g/mol. The highest BCUT2D eigenvalue weighted by Crippen LogP contribution is 2.07. The van der Waals surface area contributed by atoms with Crippen molar-refractivity contribution in [1.29, 1.82) is 0 Å². The molecule has 10 heteroatoms. The minimum absolute atomic E-state index is 0.0906. The van der Waals surface area contributed by atoms with E-state index in [4.69, 9.17) is 5.11 Å². The Morgan fingerprint density at radius 3 is 1.91 bits per heavy atom. The highest BCUT2D eigenvalue weighted by Gasteiger charge is 2.39. The summed E-state index contributed by atoms with van der Waals surface area (Å²) in [5.74, 6) is -5.51. The predicted molar refractivity (Wildman–Crippen MR) is 68.4 cm³/mol. The van der Waals surface area contributed by atoms with E-state index < -0.39 is 48.5 Å². The smallest absolute Gasteiger partial charge is 0.349 e. The Morgan fingerprint density at radius 1 is 1.00 bits per heavy atom. The third-order valence-electron chi connectivity index (χ3n) is 2.07. The second kappa shape index (κ2) is 9.32. The Hall–Kier alpha value is -2.65. The average Bonchev–Trinajstić information content (AvgIpc) is 2.39. The zero-order chi connectivity index (χ0) is 17.3. The zero-order valence-corrected chi connectivity index (χ0v) is 12.3. The molecule has 0 bridgehead atoms. The molecule has 0 heterocycles. The Morgan fingerprint density at radius 2 is 1.50 bits per heavy atom. The van der Waals surface area contributed by atoms with Gasteiger partial charge in [-0.15, -0.1) is 0 Å². The molecule has 0 saturated heterocycles. The van der Waals surface area contributed by atoms with Crippen LogP contribution in [0.25, 0.3) is 0 Å². The molecule has 2 atom stereocenters. The van der Waals surface area contributed by atoms with E-state index in [1.807, 2.05) is 5.32 Å². The van der Waals surface area contributed by atoms with E-state index in [2.05, 4.69) is 14.2 Å². The normalized spacial score (nSPS) is 12.5. The number of hydrogen-bond acceptors (Lipinski definition) is 8. The van der Waals surface area contributed by atoms with Gasteiger partial charge in [0.25, 0.3) is 5.91 Å². The number of nitrogens with one attached hydrogen (secondary N) is 1. The van der Waals surface area contributed by atoms with Crippen LogP contribution < -0.4 is 5.32 Å². The third kappa shape index (κ3) is 7.22. The Kier molecular flexibility index (Phi) is 8.19. The lowest BCUT2D eigenvalue weighted by molar-refractivity contribution is -0.180. The second-order valence-corrected chi connectivity index (χ2v) is 3.92. The number of carbonyl (C=O) groups excluding carboxylic acids is 4. The van der Waals surface area contributed by atoms with Crippen molar-refractivity contribution in [3.05, 3.63) is 0 Å². The summed E-state index contributed by atoms with van der Waals surface area (Å²) in [4.78, 5) is 55.9. The van der Waals surface area contributed by atoms with Gasteiger partial charge in [0.2, 0.25) is 12.2 Å². The summed E-state index contributed by atoms with van der Waals surface area (Å²) in [6, 6.07) is 0. The molecule has 0 rings (SSSR count). The van der Waals surface area contributed by atoms with Gasteiger partial charge in [0.05, 0.1) is 6.61 Å². The van der Waals surface area contributed by atoms with Crippen molar-refractivity contribution in [1.82, 2.24) is 5.32 Å². The van der Waals surface area contributed by atoms with Crippen LogP contribution in [0.4, 0.5) is 0 Å². The zero-order valence-electron chi connectivity index (χ0n) is 12.3. The third-order valence-corrected chi connectivity index (χ3v) is 2.07. The number of carboxylic acids is 1. The van der Waals surface area contributed by atoms with Gasteiger partial charge in [-0.1, -0.05) is 0 Å². The van der Waals surface area contributed by atoms with Crippen molar-refractivity contribution in [3.8, 4) is 0 Å². The monoisotopic (exact) mass is 319 g/mol. The van der Waals surface area contributed by atoms with Gasteiger partial charge < -0.3 is 24.6 Å². The molecule has 0 aliphatic rings.